The SMILES string of the molecule is CCCCC/C=C\C/C=C\CCCCCCCCCCCC(=O)NCC(=O)O. The van der Waals surface area contributed by atoms with E-state index in [0.717, 1.165) is 19.3 Å². The van der Waals surface area contributed by atoms with Gasteiger partial charge in [-0.25, -0.2) is 0 Å². The maximum Gasteiger partial charge on any atom is 0.322 e. The summed E-state index contributed by atoms with van der Waals surface area (Å²) in [5, 5.41) is 10.9. The molecule has 0 rings (SSSR count). The van der Waals surface area contributed by atoms with Gasteiger partial charge in [-0.2, -0.15) is 0 Å². The third kappa shape index (κ3) is 22.5. The van der Waals surface area contributed by atoms with Gasteiger partial charge in [-0.15, -0.1) is 0 Å². The molecule has 0 fully saturated rings. The number of unbranched alkanes of at least 4 members (excludes halogenated alkanes) is 12. The Bertz CT molecular complexity index is 430. The number of allylic oxidation sites excluding steroid dienone is 4. The van der Waals surface area contributed by atoms with Crippen LogP contribution in [0.2, 0.25) is 0 Å². The van der Waals surface area contributed by atoms with Crippen molar-refractivity contribution in [3.63, 3.8) is 0 Å². The van der Waals surface area contributed by atoms with Crippen molar-refractivity contribution in [1.82, 2.24) is 5.32 Å². The van der Waals surface area contributed by atoms with Crippen molar-refractivity contribution >= 4 is 11.9 Å². The normalized spacial score (nSPS) is 11.5. The van der Waals surface area contributed by atoms with Crippen LogP contribution in [0.5, 0.6) is 0 Å². The number of rotatable bonds is 20. The summed E-state index contributed by atoms with van der Waals surface area (Å²) in [6, 6.07) is 0. The van der Waals surface area contributed by atoms with Crippen LogP contribution in [-0.4, -0.2) is 23.5 Å². The van der Waals surface area contributed by atoms with Gasteiger partial charge in [-0.1, -0.05) is 89.0 Å². The van der Waals surface area contributed by atoms with Crippen molar-refractivity contribution in [3.8, 4) is 0 Å². The number of aliphatic carboxylic acids is 1. The average Bonchev–Trinajstić information content (AvgIpc) is 2.68. The molecule has 0 radical (unpaired) electrons. The van der Waals surface area contributed by atoms with Gasteiger partial charge < -0.3 is 10.4 Å². The fourth-order valence-electron chi connectivity index (χ4n) is 3.07. The molecular weight excluding hydrogens is 350 g/mol. The van der Waals surface area contributed by atoms with Gasteiger partial charge in [0.25, 0.3) is 0 Å². The average molecular weight is 394 g/mol. The van der Waals surface area contributed by atoms with Gasteiger partial charge >= 0.3 is 5.97 Å². The minimum absolute atomic E-state index is 0.153. The summed E-state index contributed by atoms with van der Waals surface area (Å²) in [5.74, 6) is -1.14. The summed E-state index contributed by atoms with van der Waals surface area (Å²) in [6.45, 7) is 1.97. The topological polar surface area (TPSA) is 66.4 Å². The fraction of sp³-hybridized carbons (Fsp3) is 0.750. The molecule has 0 aliphatic heterocycles. The van der Waals surface area contributed by atoms with Crippen LogP contribution in [0.15, 0.2) is 24.3 Å². The molecule has 0 saturated heterocycles. The lowest BCUT2D eigenvalue weighted by molar-refractivity contribution is -0.137. The van der Waals surface area contributed by atoms with Gasteiger partial charge in [0, 0.05) is 6.42 Å². The van der Waals surface area contributed by atoms with Gasteiger partial charge in [-0.05, 0) is 38.5 Å². The van der Waals surface area contributed by atoms with Crippen LogP contribution < -0.4 is 5.32 Å². The van der Waals surface area contributed by atoms with E-state index in [2.05, 4.69) is 36.5 Å². The number of carbonyl (C=O) groups excluding carboxylic acids is 1. The second-order valence-electron chi connectivity index (χ2n) is 7.57. The zero-order chi connectivity index (χ0) is 20.7. The highest BCUT2D eigenvalue weighted by atomic mass is 16.4. The Hall–Kier alpha value is -1.58. The standard InChI is InChI=1S/C24H43NO3/c1-2-3-4-5-6-7-8-9-10-11-12-13-14-15-16-17-18-19-20-21-23(26)25-22-24(27)28/h6-7,9-10H,2-5,8,11-22H2,1H3,(H,25,26)(H,27,28)/b7-6-,10-9-. The van der Waals surface area contributed by atoms with Crippen LogP contribution in [0, 0.1) is 0 Å². The first-order valence-corrected chi connectivity index (χ1v) is 11.4. The van der Waals surface area contributed by atoms with E-state index in [4.69, 9.17) is 5.11 Å². The van der Waals surface area contributed by atoms with Crippen molar-refractivity contribution < 1.29 is 14.7 Å². The molecule has 0 bridgehead atoms. The summed E-state index contributed by atoms with van der Waals surface area (Å²) in [5.41, 5.74) is 0. The molecule has 0 aromatic rings. The van der Waals surface area contributed by atoms with Crippen molar-refractivity contribution in [2.45, 2.75) is 110 Å². The van der Waals surface area contributed by atoms with E-state index in [1.807, 2.05) is 0 Å². The molecule has 2 N–H and O–H groups in total. The Labute approximate surface area is 172 Å². The van der Waals surface area contributed by atoms with E-state index in [1.165, 1.54) is 77.0 Å². The van der Waals surface area contributed by atoms with Crippen molar-refractivity contribution in [3.05, 3.63) is 24.3 Å². The molecule has 4 nitrogen and oxygen atoms in total. The number of hydrogen-bond acceptors (Lipinski definition) is 2. The molecule has 0 atom stereocenters. The highest BCUT2D eigenvalue weighted by Crippen LogP contribution is 2.11. The zero-order valence-corrected chi connectivity index (χ0v) is 18.1. The largest absolute Gasteiger partial charge is 0.480 e. The number of carboxylic acids is 1. The predicted octanol–water partition coefficient (Wildman–Crippen LogP) is 6.56. The number of nitrogens with one attached hydrogen (secondary N) is 1. The minimum Gasteiger partial charge on any atom is -0.480 e. The molecule has 1 amide bonds. The van der Waals surface area contributed by atoms with E-state index in [1.54, 1.807) is 0 Å². The Kier molecular flexibility index (Phi) is 20.5. The highest BCUT2D eigenvalue weighted by molar-refractivity contribution is 5.80. The Morgan fingerprint density at radius 2 is 1.21 bits per heavy atom. The molecule has 0 aliphatic rings. The Balaban J connectivity index is 3.22. The lowest BCUT2D eigenvalue weighted by Gasteiger charge is -2.03. The van der Waals surface area contributed by atoms with E-state index in [9.17, 15) is 9.59 Å². The number of carbonyl (C=O) groups is 2. The summed E-state index contributed by atoms with van der Waals surface area (Å²) in [7, 11) is 0. The molecule has 0 unspecified atom stereocenters. The third-order valence-electron chi connectivity index (χ3n) is 4.79. The maximum atomic E-state index is 11.3. The maximum absolute atomic E-state index is 11.3. The van der Waals surface area contributed by atoms with E-state index >= 15 is 0 Å². The van der Waals surface area contributed by atoms with Crippen LogP contribution in [0.4, 0.5) is 0 Å². The second-order valence-corrected chi connectivity index (χ2v) is 7.57. The van der Waals surface area contributed by atoms with Crippen LogP contribution in [0.3, 0.4) is 0 Å². The molecule has 0 saturated carbocycles. The summed E-state index contributed by atoms with van der Waals surface area (Å²) >= 11 is 0. The van der Waals surface area contributed by atoms with Crippen LogP contribution in [0.1, 0.15) is 110 Å². The van der Waals surface area contributed by atoms with Crippen molar-refractivity contribution in [2.24, 2.45) is 0 Å². The molecule has 0 aromatic carbocycles. The molecule has 0 heterocycles. The van der Waals surface area contributed by atoms with Gasteiger partial charge in [0.2, 0.25) is 5.91 Å². The first kappa shape index (κ1) is 26.4. The Morgan fingerprint density at radius 3 is 1.75 bits per heavy atom. The zero-order valence-electron chi connectivity index (χ0n) is 18.1. The molecule has 162 valence electrons. The lowest BCUT2D eigenvalue weighted by Crippen LogP contribution is -2.28. The second kappa shape index (κ2) is 21.7. The monoisotopic (exact) mass is 393 g/mol. The minimum atomic E-state index is -0.991. The molecule has 0 aliphatic carbocycles. The van der Waals surface area contributed by atoms with E-state index < -0.39 is 5.97 Å². The molecule has 0 aromatic heterocycles. The first-order chi connectivity index (χ1) is 13.7. The van der Waals surface area contributed by atoms with Gasteiger partial charge in [0.15, 0.2) is 0 Å². The van der Waals surface area contributed by atoms with Crippen LogP contribution in [0.25, 0.3) is 0 Å². The summed E-state index contributed by atoms with van der Waals surface area (Å²) < 4.78 is 0. The number of carboxylic acid groups (broad SMARTS) is 1. The van der Waals surface area contributed by atoms with Gasteiger partial charge in [0.1, 0.15) is 6.54 Å². The van der Waals surface area contributed by atoms with E-state index in [0.29, 0.717) is 6.42 Å². The number of hydrogen-bond donors (Lipinski definition) is 2. The molecule has 4 heteroatoms. The summed E-state index contributed by atoms with van der Waals surface area (Å²) in [4.78, 5) is 21.7. The Morgan fingerprint density at radius 1 is 0.714 bits per heavy atom. The highest BCUT2D eigenvalue weighted by Gasteiger charge is 2.03. The number of amides is 1. The van der Waals surface area contributed by atoms with Crippen molar-refractivity contribution in [1.29, 1.82) is 0 Å². The summed E-state index contributed by atoms with van der Waals surface area (Å²) in [6.07, 6.45) is 28.0. The molecule has 28 heavy (non-hydrogen) atoms. The lowest BCUT2D eigenvalue weighted by atomic mass is 10.1. The van der Waals surface area contributed by atoms with E-state index in [-0.39, 0.29) is 12.5 Å². The predicted molar refractivity (Wildman–Crippen MR) is 118 cm³/mol. The fourth-order valence-corrected chi connectivity index (χ4v) is 3.07. The smallest absolute Gasteiger partial charge is 0.322 e. The molecule has 0 spiro atoms. The van der Waals surface area contributed by atoms with Crippen LogP contribution >= 0.6 is 0 Å². The van der Waals surface area contributed by atoms with Gasteiger partial charge in [-0.3, -0.25) is 9.59 Å². The quantitative estimate of drug-likeness (QED) is 0.182. The first-order valence-electron chi connectivity index (χ1n) is 11.4. The van der Waals surface area contributed by atoms with Gasteiger partial charge in [0.05, 0.1) is 0 Å². The van der Waals surface area contributed by atoms with Crippen molar-refractivity contribution in [2.75, 3.05) is 6.54 Å². The van der Waals surface area contributed by atoms with Crippen LogP contribution in [-0.2, 0) is 9.59 Å². The molecular formula is C24H43NO3. The third-order valence-corrected chi connectivity index (χ3v) is 4.79.